The molecule has 0 atom stereocenters. The Balaban J connectivity index is 1.22. The van der Waals surface area contributed by atoms with E-state index in [9.17, 15) is 0 Å². The average molecular weight is 500 g/mol. The van der Waals surface area contributed by atoms with Crippen molar-refractivity contribution in [3.63, 3.8) is 0 Å². The zero-order valence-corrected chi connectivity index (χ0v) is 21.2. The first-order chi connectivity index (χ1) is 18.8. The maximum atomic E-state index is 6.02. The molecule has 0 aliphatic carbocycles. The van der Waals surface area contributed by atoms with Crippen molar-refractivity contribution < 1.29 is 4.74 Å². The van der Waals surface area contributed by atoms with Crippen LogP contribution < -0.4 is 9.64 Å². The number of rotatable bonds is 6. The van der Waals surface area contributed by atoms with Gasteiger partial charge in [-0.2, -0.15) is 5.10 Å². The van der Waals surface area contributed by atoms with E-state index in [0.29, 0.717) is 6.61 Å². The summed E-state index contributed by atoms with van der Waals surface area (Å²) in [5.41, 5.74) is 8.60. The third-order valence-corrected chi connectivity index (χ3v) is 7.45. The number of ether oxygens (including phenoxy) is 1. The standard InChI is InChI=1S/C32H29N5O/c1-3-8-22(9-4-1)21-38-25-16-24(19-33-20-25)23-12-13-29-27(17-23)32(36-35-29)30-18-26-28(34-30)10-7-11-31(26)37-14-5-2-6-15-37/h1,3-4,7-13,16-20,34H,2,5-6,14-15,21H2,(H,35,36). The molecular formula is C32H29N5O. The molecule has 1 aliphatic heterocycles. The second-order valence-electron chi connectivity index (χ2n) is 9.99. The molecule has 7 rings (SSSR count). The third kappa shape index (κ3) is 4.28. The predicted octanol–water partition coefficient (Wildman–Crippen LogP) is 7.34. The van der Waals surface area contributed by atoms with Crippen LogP contribution in [0.1, 0.15) is 24.8 Å². The summed E-state index contributed by atoms with van der Waals surface area (Å²) in [5.74, 6) is 0.750. The Hall–Kier alpha value is -4.58. The van der Waals surface area contributed by atoms with Crippen LogP contribution >= 0.6 is 0 Å². The van der Waals surface area contributed by atoms with Gasteiger partial charge in [0.15, 0.2) is 0 Å². The second-order valence-corrected chi connectivity index (χ2v) is 9.99. The fourth-order valence-corrected chi connectivity index (χ4v) is 5.47. The number of nitrogens with one attached hydrogen (secondary N) is 2. The number of aromatic amines is 2. The maximum absolute atomic E-state index is 6.02. The van der Waals surface area contributed by atoms with E-state index in [0.717, 1.165) is 63.3 Å². The maximum Gasteiger partial charge on any atom is 0.138 e. The van der Waals surface area contributed by atoms with Crippen LogP contribution in [0, 0.1) is 0 Å². The summed E-state index contributed by atoms with van der Waals surface area (Å²) in [6, 6.07) is 27.4. The van der Waals surface area contributed by atoms with Gasteiger partial charge in [0.25, 0.3) is 0 Å². The van der Waals surface area contributed by atoms with E-state index >= 15 is 0 Å². The Labute approximate surface area is 221 Å². The number of aromatic nitrogens is 4. The number of hydrogen-bond acceptors (Lipinski definition) is 4. The normalized spacial score (nSPS) is 13.8. The lowest BCUT2D eigenvalue weighted by Gasteiger charge is -2.29. The highest BCUT2D eigenvalue weighted by atomic mass is 16.5. The van der Waals surface area contributed by atoms with Crippen molar-refractivity contribution in [3.05, 3.63) is 96.8 Å². The molecule has 0 amide bonds. The van der Waals surface area contributed by atoms with Gasteiger partial charge in [0.1, 0.15) is 18.1 Å². The van der Waals surface area contributed by atoms with Crippen molar-refractivity contribution in [1.29, 1.82) is 0 Å². The second kappa shape index (κ2) is 9.71. The van der Waals surface area contributed by atoms with Crippen molar-refractivity contribution in [2.24, 2.45) is 0 Å². The summed E-state index contributed by atoms with van der Waals surface area (Å²) in [5, 5.41) is 10.3. The molecule has 1 saturated heterocycles. The van der Waals surface area contributed by atoms with Gasteiger partial charge in [0.05, 0.1) is 17.4 Å². The predicted molar refractivity (Wildman–Crippen MR) is 153 cm³/mol. The molecule has 0 spiro atoms. The van der Waals surface area contributed by atoms with E-state index in [1.807, 2.05) is 30.5 Å². The quantitative estimate of drug-likeness (QED) is 0.251. The molecule has 6 heteroatoms. The van der Waals surface area contributed by atoms with E-state index in [1.54, 1.807) is 6.20 Å². The molecule has 38 heavy (non-hydrogen) atoms. The lowest BCUT2D eigenvalue weighted by molar-refractivity contribution is 0.305. The molecule has 4 heterocycles. The van der Waals surface area contributed by atoms with Gasteiger partial charge in [0.2, 0.25) is 0 Å². The van der Waals surface area contributed by atoms with Crippen molar-refractivity contribution in [2.75, 3.05) is 18.0 Å². The van der Waals surface area contributed by atoms with E-state index in [4.69, 9.17) is 9.84 Å². The van der Waals surface area contributed by atoms with Gasteiger partial charge in [-0.15, -0.1) is 0 Å². The van der Waals surface area contributed by atoms with Crippen LogP contribution in [-0.4, -0.2) is 33.3 Å². The van der Waals surface area contributed by atoms with Crippen LogP contribution in [0.2, 0.25) is 0 Å². The number of fused-ring (bicyclic) bond motifs is 2. The summed E-state index contributed by atoms with van der Waals surface area (Å²) in [4.78, 5) is 10.6. The molecular weight excluding hydrogens is 470 g/mol. The largest absolute Gasteiger partial charge is 0.487 e. The highest BCUT2D eigenvalue weighted by Gasteiger charge is 2.17. The number of H-pyrrole nitrogens is 2. The molecule has 3 aromatic carbocycles. The lowest BCUT2D eigenvalue weighted by Crippen LogP contribution is -2.29. The molecule has 188 valence electrons. The van der Waals surface area contributed by atoms with Crippen molar-refractivity contribution in [2.45, 2.75) is 25.9 Å². The third-order valence-electron chi connectivity index (χ3n) is 7.45. The number of hydrogen-bond donors (Lipinski definition) is 2. The van der Waals surface area contributed by atoms with Crippen LogP contribution in [0.5, 0.6) is 5.75 Å². The van der Waals surface area contributed by atoms with Gasteiger partial charge in [-0.05, 0) is 66.8 Å². The fraction of sp³-hybridized carbons (Fsp3) is 0.188. The first kappa shape index (κ1) is 22.6. The first-order valence-corrected chi connectivity index (χ1v) is 13.3. The average Bonchev–Trinajstić information content (AvgIpc) is 3.61. The van der Waals surface area contributed by atoms with Gasteiger partial charge < -0.3 is 14.6 Å². The molecule has 0 bridgehead atoms. The minimum Gasteiger partial charge on any atom is -0.487 e. The summed E-state index contributed by atoms with van der Waals surface area (Å²) in [6.45, 7) is 2.75. The minimum atomic E-state index is 0.511. The van der Waals surface area contributed by atoms with Crippen LogP contribution in [0.15, 0.2) is 91.3 Å². The van der Waals surface area contributed by atoms with Gasteiger partial charge in [-0.1, -0.05) is 42.5 Å². The van der Waals surface area contributed by atoms with Crippen LogP contribution in [-0.2, 0) is 6.61 Å². The minimum absolute atomic E-state index is 0.511. The SMILES string of the molecule is c1ccc(COc2cncc(-c3ccc4[nH]nc(-c5cc6c(N7CCCCC7)cccc6[nH]5)c4c3)c2)cc1. The summed E-state index contributed by atoms with van der Waals surface area (Å²) >= 11 is 0. The molecule has 2 N–H and O–H groups in total. The molecule has 1 fully saturated rings. The lowest BCUT2D eigenvalue weighted by atomic mass is 10.0. The van der Waals surface area contributed by atoms with Crippen molar-refractivity contribution in [1.82, 2.24) is 20.2 Å². The van der Waals surface area contributed by atoms with Gasteiger partial charge in [-0.3, -0.25) is 10.1 Å². The van der Waals surface area contributed by atoms with Crippen molar-refractivity contribution >= 4 is 27.5 Å². The Morgan fingerprint density at radius 1 is 0.763 bits per heavy atom. The van der Waals surface area contributed by atoms with Crippen LogP contribution in [0.3, 0.4) is 0 Å². The highest BCUT2D eigenvalue weighted by Crippen LogP contribution is 2.35. The zero-order chi connectivity index (χ0) is 25.3. The van der Waals surface area contributed by atoms with E-state index < -0.39 is 0 Å². The summed E-state index contributed by atoms with van der Waals surface area (Å²) in [7, 11) is 0. The molecule has 0 saturated carbocycles. The first-order valence-electron chi connectivity index (χ1n) is 13.3. The number of piperidine rings is 1. The molecule has 1 aliphatic rings. The topological polar surface area (TPSA) is 69.8 Å². The summed E-state index contributed by atoms with van der Waals surface area (Å²) < 4.78 is 6.02. The molecule has 3 aromatic heterocycles. The van der Waals surface area contributed by atoms with Crippen molar-refractivity contribution in [3.8, 4) is 28.3 Å². The Morgan fingerprint density at radius 3 is 2.55 bits per heavy atom. The number of benzene rings is 3. The number of nitrogens with zero attached hydrogens (tertiary/aromatic N) is 3. The Morgan fingerprint density at radius 2 is 1.66 bits per heavy atom. The Bertz CT molecular complexity index is 1710. The highest BCUT2D eigenvalue weighted by molar-refractivity contribution is 6.01. The Kier molecular flexibility index (Phi) is 5.77. The van der Waals surface area contributed by atoms with Crippen LogP contribution in [0.25, 0.3) is 44.3 Å². The molecule has 0 unspecified atom stereocenters. The van der Waals surface area contributed by atoms with Gasteiger partial charge in [0, 0.05) is 46.8 Å². The van der Waals surface area contributed by atoms with Gasteiger partial charge in [-0.25, -0.2) is 0 Å². The zero-order valence-electron chi connectivity index (χ0n) is 21.2. The molecule has 0 radical (unpaired) electrons. The van der Waals surface area contributed by atoms with Gasteiger partial charge >= 0.3 is 0 Å². The smallest absolute Gasteiger partial charge is 0.138 e. The fourth-order valence-electron chi connectivity index (χ4n) is 5.47. The van der Waals surface area contributed by atoms with E-state index in [1.165, 1.54) is 30.3 Å². The number of anilines is 1. The number of pyridine rings is 1. The molecule has 6 aromatic rings. The van der Waals surface area contributed by atoms with E-state index in [-0.39, 0.29) is 0 Å². The van der Waals surface area contributed by atoms with E-state index in [2.05, 4.69) is 74.6 Å². The van der Waals surface area contributed by atoms with Crippen LogP contribution in [0.4, 0.5) is 5.69 Å². The molecule has 6 nitrogen and oxygen atoms in total. The monoisotopic (exact) mass is 499 g/mol. The summed E-state index contributed by atoms with van der Waals surface area (Å²) in [6.07, 6.45) is 7.48.